The molecule has 0 radical (unpaired) electrons. The Morgan fingerprint density at radius 2 is 2.54 bits per heavy atom. The molecule has 1 aliphatic rings. The van der Waals surface area contributed by atoms with Gasteiger partial charge in [0.05, 0.1) is 5.56 Å². The number of carbonyl (C=O) groups is 1. The van der Waals surface area contributed by atoms with E-state index in [0.29, 0.717) is 12.5 Å². The molecule has 0 saturated carbocycles. The molecule has 13 heavy (non-hydrogen) atoms. The SMILES string of the molecule is C=CC[C@H]1CNC(=O)c2cc[nH]c21. The molecule has 0 aliphatic carbocycles. The number of allylic oxidation sites excluding steroid dienone is 1. The number of carbonyl (C=O) groups excluding carboxylic acids is 1. The average molecular weight is 176 g/mol. The Hall–Kier alpha value is -1.51. The number of fused-ring (bicyclic) bond motifs is 1. The van der Waals surface area contributed by atoms with Gasteiger partial charge in [0.25, 0.3) is 5.91 Å². The van der Waals surface area contributed by atoms with Gasteiger partial charge in [0.1, 0.15) is 0 Å². The van der Waals surface area contributed by atoms with Crippen LogP contribution in [0.15, 0.2) is 24.9 Å². The van der Waals surface area contributed by atoms with Gasteiger partial charge >= 0.3 is 0 Å². The lowest BCUT2D eigenvalue weighted by molar-refractivity contribution is 0.0940. The lowest BCUT2D eigenvalue weighted by atomic mass is 9.95. The molecule has 2 N–H and O–H groups in total. The standard InChI is InChI=1S/C10H12N2O/c1-2-3-7-6-12-10(13)8-4-5-11-9(7)8/h2,4-5,7,11H,1,3,6H2,(H,12,13)/t7-/m0/s1. The third-order valence-corrected chi connectivity index (χ3v) is 2.39. The second kappa shape index (κ2) is 3.09. The van der Waals surface area contributed by atoms with Gasteiger partial charge in [-0.15, -0.1) is 6.58 Å². The summed E-state index contributed by atoms with van der Waals surface area (Å²) in [4.78, 5) is 14.5. The summed E-state index contributed by atoms with van der Waals surface area (Å²) in [6.07, 6.45) is 4.59. The Balaban J connectivity index is 2.34. The van der Waals surface area contributed by atoms with E-state index >= 15 is 0 Å². The minimum atomic E-state index is 0.0246. The fourth-order valence-electron chi connectivity index (χ4n) is 1.73. The first-order valence-electron chi connectivity index (χ1n) is 4.39. The summed E-state index contributed by atoms with van der Waals surface area (Å²) in [7, 11) is 0. The van der Waals surface area contributed by atoms with Gasteiger partial charge in [-0.2, -0.15) is 0 Å². The van der Waals surface area contributed by atoms with E-state index in [1.54, 1.807) is 0 Å². The minimum Gasteiger partial charge on any atom is -0.364 e. The smallest absolute Gasteiger partial charge is 0.253 e. The summed E-state index contributed by atoms with van der Waals surface area (Å²) in [5, 5.41) is 2.85. The summed E-state index contributed by atoms with van der Waals surface area (Å²) in [6, 6.07) is 1.82. The molecule has 3 heteroatoms. The van der Waals surface area contributed by atoms with Crippen molar-refractivity contribution in [1.29, 1.82) is 0 Å². The van der Waals surface area contributed by atoms with Crippen molar-refractivity contribution in [2.24, 2.45) is 0 Å². The number of rotatable bonds is 2. The predicted octanol–water partition coefficient (Wildman–Crippen LogP) is 1.42. The van der Waals surface area contributed by atoms with Crippen LogP contribution in [-0.2, 0) is 0 Å². The van der Waals surface area contributed by atoms with E-state index in [2.05, 4.69) is 16.9 Å². The van der Waals surface area contributed by atoms with Crippen LogP contribution in [0.3, 0.4) is 0 Å². The number of amides is 1. The molecule has 1 aromatic heterocycles. The Bertz CT molecular complexity index is 340. The van der Waals surface area contributed by atoms with E-state index in [4.69, 9.17) is 0 Å². The molecule has 1 atom stereocenters. The number of aromatic amines is 1. The Morgan fingerprint density at radius 1 is 1.69 bits per heavy atom. The molecule has 1 aliphatic heterocycles. The third-order valence-electron chi connectivity index (χ3n) is 2.39. The molecule has 68 valence electrons. The van der Waals surface area contributed by atoms with Crippen LogP contribution in [0, 0.1) is 0 Å². The van der Waals surface area contributed by atoms with Gasteiger partial charge < -0.3 is 10.3 Å². The summed E-state index contributed by atoms with van der Waals surface area (Å²) < 4.78 is 0. The van der Waals surface area contributed by atoms with E-state index in [9.17, 15) is 4.79 Å². The van der Waals surface area contributed by atoms with Crippen LogP contribution >= 0.6 is 0 Å². The summed E-state index contributed by atoms with van der Waals surface area (Å²) in [5.74, 6) is 0.386. The van der Waals surface area contributed by atoms with Crippen molar-refractivity contribution in [3.05, 3.63) is 36.2 Å². The van der Waals surface area contributed by atoms with Crippen LogP contribution in [0.4, 0.5) is 0 Å². The zero-order valence-electron chi connectivity index (χ0n) is 7.34. The highest BCUT2D eigenvalue weighted by Crippen LogP contribution is 2.25. The van der Waals surface area contributed by atoms with Gasteiger partial charge in [0, 0.05) is 24.4 Å². The van der Waals surface area contributed by atoms with E-state index in [1.807, 2.05) is 18.3 Å². The number of hydrogen-bond acceptors (Lipinski definition) is 1. The lowest BCUT2D eigenvalue weighted by Gasteiger charge is -2.21. The van der Waals surface area contributed by atoms with Gasteiger partial charge in [-0.25, -0.2) is 0 Å². The number of aromatic nitrogens is 1. The highest BCUT2D eigenvalue weighted by molar-refractivity contribution is 5.96. The van der Waals surface area contributed by atoms with E-state index in [-0.39, 0.29) is 5.91 Å². The molecule has 2 rings (SSSR count). The molecule has 0 bridgehead atoms. The van der Waals surface area contributed by atoms with E-state index in [0.717, 1.165) is 17.7 Å². The maximum Gasteiger partial charge on any atom is 0.253 e. The van der Waals surface area contributed by atoms with Crippen LogP contribution < -0.4 is 5.32 Å². The monoisotopic (exact) mass is 176 g/mol. The molecule has 0 unspecified atom stereocenters. The van der Waals surface area contributed by atoms with Crippen LogP contribution in [-0.4, -0.2) is 17.4 Å². The van der Waals surface area contributed by atoms with Crippen molar-refractivity contribution in [3.8, 4) is 0 Å². The van der Waals surface area contributed by atoms with Crippen molar-refractivity contribution in [2.45, 2.75) is 12.3 Å². The number of nitrogens with one attached hydrogen (secondary N) is 2. The fourth-order valence-corrected chi connectivity index (χ4v) is 1.73. The third kappa shape index (κ3) is 1.26. The Labute approximate surface area is 76.8 Å². The summed E-state index contributed by atoms with van der Waals surface area (Å²) in [5.41, 5.74) is 1.82. The van der Waals surface area contributed by atoms with Gasteiger partial charge in [-0.05, 0) is 12.5 Å². The normalized spacial score (nSPS) is 20.6. The van der Waals surface area contributed by atoms with Crippen LogP contribution in [0.2, 0.25) is 0 Å². The zero-order chi connectivity index (χ0) is 9.26. The fraction of sp³-hybridized carbons (Fsp3) is 0.300. The Morgan fingerprint density at radius 3 is 3.31 bits per heavy atom. The molecule has 0 fully saturated rings. The molecule has 1 amide bonds. The first-order chi connectivity index (χ1) is 6.33. The molecule has 0 spiro atoms. The predicted molar refractivity (Wildman–Crippen MR) is 50.7 cm³/mol. The van der Waals surface area contributed by atoms with Crippen molar-refractivity contribution < 1.29 is 4.79 Å². The van der Waals surface area contributed by atoms with E-state index in [1.165, 1.54) is 0 Å². The molecule has 3 nitrogen and oxygen atoms in total. The minimum absolute atomic E-state index is 0.0246. The van der Waals surface area contributed by atoms with Crippen molar-refractivity contribution in [2.75, 3.05) is 6.54 Å². The van der Waals surface area contributed by atoms with Gasteiger partial charge in [-0.1, -0.05) is 6.08 Å². The molecular formula is C10H12N2O. The van der Waals surface area contributed by atoms with Crippen LogP contribution in [0.25, 0.3) is 0 Å². The molecule has 0 aromatic carbocycles. The van der Waals surface area contributed by atoms with Crippen molar-refractivity contribution >= 4 is 5.91 Å². The van der Waals surface area contributed by atoms with Crippen LogP contribution in [0.1, 0.15) is 28.4 Å². The molecule has 1 aromatic rings. The highest BCUT2D eigenvalue weighted by Gasteiger charge is 2.24. The van der Waals surface area contributed by atoms with Crippen molar-refractivity contribution in [3.63, 3.8) is 0 Å². The van der Waals surface area contributed by atoms with Gasteiger partial charge in [-0.3, -0.25) is 4.79 Å². The van der Waals surface area contributed by atoms with Crippen molar-refractivity contribution in [1.82, 2.24) is 10.3 Å². The second-order valence-corrected chi connectivity index (χ2v) is 3.24. The first-order valence-corrected chi connectivity index (χ1v) is 4.39. The maximum atomic E-state index is 11.3. The zero-order valence-corrected chi connectivity index (χ0v) is 7.34. The maximum absolute atomic E-state index is 11.3. The number of hydrogen-bond donors (Lipinski definition) is 2. The summed E-state index contributed by atoms with van der Waals surface area (Å²) in [6.45, 7) is 4.41. The highest BCUT2D eigenvalue weighted by atomic mass is 16.1. The average Bonchev–Trinajstić information content (AvgIpc) is 2.59. The topological polar surface area (TPSA) is 44.9 Å². The first kappa shape index (κ1) is 8.10. The van der Waals surface area contributed by atoms with Gasteiger partial charge in [0.15, 0.2) is 0 Å². The summed E-state index contributed by atoms with van der Waals surface area (Å²) >= 11 is 0. The molecular weight excluding hydrogens is 164 g/mol. The quantitative estimate of drug-likeness (QED) is 0.657. The number of H-pyrrole nitrogens is 1. The molecule has 0 saturated heterocycles. The second-order valence-electron chi connectivity index (χ2n) is 3.24. The lowest BCUT2D eigenvalue weighted by Crippen LogP contribution is -2.34. The largest absolute Gasteiger partial charge is 0.364 e. The van der Waals surface area contributed by atoms with Gasteiger partial charge in [0.2, 0.25) is 0 Å². The molecule has 2 heterocycles. The Kier molecular flexibility index (Phi) is 1.93. The van der Waals surface area contributed by atoms with Crippen LogP contribution in [0.5, 0.6) is 0 Å². The van der Waals surface area contributed by atoms with E-state index < -0.39 is 0 Å².